The molecule has 7 rings (SSSR count). The van der Waals surface area contributed by atoms with Crippen LogP contribution in [-0.2, 0) is 20.6 Å². The third-order valence-corrected chi connectivity index (χ3v) is 9.01. The summed E-state index contributed by atoms with van der Waals surface area (Å²) in [6.45, 7) is 0. The summed E-state index contributed by atoms with van der Waals surface area (Å²) in [6.07, 6.45) is 2.81. The Morgan fingerprint density at radius 1 is 0.971 bits per heavy atom. The van der Waals surface area contributed by atoms with E-state index in [2.05, 4.69) is 17.5 Å². The van der Waals surface area contributed by atoms with Gasteiger partial charge in [0.2, 0.25) is 17.7 Å². The van der Waals surface area contributed by atoms with Gasteiger partial charge in [-0.3, -0.25) is 19.3 Å². The number of amides is 3. The number of carbonyl (C=O) groups excluding carboxylic acids is 3. The van der Waals surface area contributed by atoms with E-state index in [4.69, 9.17) is 11.6 Å². The second-order valence-electron chi connectivity index (χ2n) is 10.4. The molecule has 2 bridgehead atoms. The molecular weight excluding hydrogens is 469 g/mol. The van der Waals surface area contributed by atoms with Crippen LogP contribution in [0.2, 0.25) is 5.02 Å². The summed E-state index contributed by atoms with van der Waals surface area (Å²) in [4.78, 5) is 40.9. The highest BCUT2D eigenvalue weighted by Gasteiger charge is 2.67. The quantitative estimate of drug-likeness (QED) is 0.481. The first kappa shape index (κ1) is 22.1. The second kappa shape index (κ2) is 7.57. The lowest BCUT2D eigenvalue weighted by Crippen LogP contribution is -2.44. The summed E-state index contributed by atoms with van der Waals surface area (Å²) in [5, 5.41) is 2.57. The number of hydrogen-bond acceptors (Lipinski definition) is 3. The van der Waals surface area contributed by atoms with Gasteiger partial charge in [0.05, 0.1) is 28.1 Å². The molecule has 3 amide bonds. The zero-order valence-corrected chi connectivity index (χ0v) is 19.0. The number of nitrogens with one attached hydrogen (secondary N) is 1. The predicted molar refractivity (Wildman–Crippen MR) is 117 cm³/mol. The fraction of sp³-hybridized carbons (Fsp3) is 0.560. The molecule has 0 aromatic heterocycles. The predicted octanol–water partition coefficient (Wildman–Crippen LogP) is 4.91. The SMILES string of the molecule is O=C(Nc1cc(C(F)(F)F)ccc1Cl)C1CCC(N2C(=O)[C@@H]3[C@H]4C=C[C@@H]([C@@H]5C[C@@H]45)[C@@H]3C2=O)CC1. The Labute approximate surface area is 199 Å². The highest BCUT2D eigenvalue weighted by Crippen LogP contribution is 2.65. The average molecular weight is 493 g/mol. The molecule has 1 saturated heterocycles. The number of rotatable bonds is 3. The van der Waals surface area contributed by atoms with Crippen LogP contribution in [0.3, 0.4) is 0 Å². The van der Waals surface area contributed by atoms with Gasteiger partial charge in [-0.2, -0.15) is 13.2 Å². The van der Waals surface area contributed by atoms with Crippen molar-refractivity contribution in [3.8, 4) is 0 Å². The van der Waals surface area contributed by atoms with E-state index in [9.17, 15) is 27.6 Å². The van der Waals surface area contributed by atoms with Gasteiger partial charge in [0, 0.05) is 12.0 Å². The van der Waals surface area contributed by atoms with E-state index in [0.29, 0.717) is 37.5 Å². The highest BCUT2D eigenvalue weighted by molar-refractivity contribution is 6.33. The van der Waals surface area contributed by atoms with Crippen molar-refractivity contribution in [1.29, 1.82) is 0 Å². The number of benzene rings is 1. The van der Waals surface area contributed by atoms with Crippen LogP contribution < -0.4 is 5.32 Å². The average Bonchev–Trinajstić information content (AvgIpc) is 3.58. The molecule has 9 heteroatoms. The van der Waals surface area contributed by atoms with Crippen molar-refractivity contribution >= 4 is 35.0 Å². The molecule has 34 heavy (non-hydrogen) atoms. The minimum atomic E-state index is -4.54. The Morgan fingerprint density at radius 2 is 1.56 bits per heavy atom. The maximum absolute atomic E-state index is 13.3. The Morgan fingerprint density at radius 3 is 2.12 bits per heavy atom. The lowest BCUT2D eigenvalue weighted by atomic mass is 9.63. The summed E-state index contributed by atoms with van der Waals surface area (Å²) in [5.74, 6) is 0.0983. The zero-order chi connectivity index (χ0) is 23.9. The molecule has 0 radical (unpaired) electrons. The summed E-state index contributed by atoms with van der Waals surface area (Å²) in [6, 6.07) is 2.60. The third-order valence-electron chi connectivity index (χ3n) is 8.68. The number of hydrogen-bond donors (Lipinski definition) is 1. The minimum absolute atomic E-state index is 0.0344. The van der Waals surface area contributed by atoms with E-state index in [0.717, 1.165) is 24.6 Å². The van der Waals surface area contributed by atoms with Crippen LogP contribution in [0.5, 0.6) is 0 Å². The standard InChI is InChI=1S/C25H24ClF3N2O3/c26-18-8-3-12(25(27,28)29)9-19(18)30-22(32)11-1-4-13(5-2-11)31-23(33)20-14-6-7-15(17-10-16(14)17)21(20)24(31)34/h3,6-9,11,13-17,20-21H,1-2,4-5,10H2,(H,30,32)/t11?,13?,14-,15-,16-,17-,20-,21+/m0/s1. The van der Waals surface area contributed by atoms with Crippen molar-refractivity contribution in [2.75, 3.05) is 5.32 Å². The molecular formula is C25H24ClF3N2O3. The Bertz CT molecular complexity index is 1080. The number of carbonyl (C=O) groups is 3. The van der Waals surface area contributed by atoms with Crippen molar-refractivity contribution in [3.63, 3.8) is 0 Å². The van der Waals surface area contributed by atoms with Gasteiger partial charge >= 0.3 is 6.18 Å². The molecule has 180 valence electrons. The van der Waals surface area contributed by atoms with Gasteiger partial charge in [0.15, 0.2) is 0 Å². The van der Waals surface area contributed by atoms with Crippen molar-refractivity contribution < 1.29 is 27.6 Å². The highest BCUT2D eigenvalue weighted by atomic mass is 35.5. The van der Waals surface area contributed by atoms with E-state index in [1.165, 1.54) is 4.90 Å². The van der Waals surface area contributed by atoms with Crippen LogP contribution in [0, 0.1) is 41.4 Å². The molecule has 6 atom stereocenters. The van der Waals surface area contributed by atoms with Gasteiger partial charge in [0.1, 0.15) is 0 Å². The number of imide groups is 1. The molecule has 1 aromatic rings. The first-order valence-corrected chi connectivity index (χ1v) is 12.3. The number of nitrogens with zero attached hydrogens (tertiary/aromatic N) is 1. The van der Waals surface area contributed by atoms with Gasteiger partial charge in [-0.25, -0.2) is 0 Å². The lowest BCUT2D eigenvalue weighted by Gasteiger charge is -2.37. The monoisotopic (exact) mass is 492 g/mol. The van der Waals surface area contributed by atoms with E-state index in [1.807, 2.05) is 0 Å². The summed E-state index contributed by atoms with van der Waals surface area (Å²) in [7, 11) is 0. The van der Waals surface area contributed by atoms with Crippen LogP contribution in [0.15, 0.2) is 30.4 Å². The minimum Gasteiger partial charge on any atom is -0.325 e. The van der Waals surface area contributed by atoms with Crippen LogP contribution in [0.25, 0.3) is 0 Å². The Hall–Kier alpha value is -2.35. The van der Waals surface area contributed by atoms with Crippen LogP contribution >= 0.6 is 11.6 Å². The molecule has 0 unspecified atom stereocenters. The zero-order valence-electron chi connectivity index (χ0n) is 18.2. The van der Waals surface area contributed by atoms with Crippen molar-refractivity contribution in [2.45, 2.75) is 44.3 Å². The van der Waals surface area contributed by atoms with Gasteiger partial charge in [-0.15, -0.1) is 0 Å². The van der Waals surface area contributed by atoms with Gasteiger partial charge in [-0.1, -0.05) is 23.8 Å². The van der Waals surface area contributed by atoms with Gasteiger partial charge in [0.25, 0.3) is 0 Å². The topological polar surface area (TPSA) is 66.5 Å². The normalized spacial score (nSPS) is 38.1. The number of allylic oxidation sites excluding steroid dienone is 2. The number of anilines is 1. The summed E-state index contributed by atoms with van der Waals surface area (Å²) >= 11 is 6.00. The lowest BCUT2D eigenvalue weighted by molar-refractivity contribution is -0.144. The van der Waals surface area contributed by atoms with Crippen LogP contribution in [0.1, 0.15) is 37.7 Å². The van der Waals surface area contributed by atoms with Crippen molar-refractivity contribution in [1.82, 2.24) is 4.90 Å². The maximum Gasteiger partial charge on any atom is 0.416 e. The third kappa shape index (κ3) is 3.32. The van der Waals surface area contributed by atoms with Crippen LogP contribution in [-0.4, -0.2) is 28.7 Å². The van der Waals surface area contributed by atoms with E-state index in [-0.39, 0.29) is 52.2 Å². The molecule has 5 aliphatic carbocycles. The second-order valence-corrected chi connectivity index (χ2v) is 10.8. The van der Waals surface area contributed by atoms with Crippen molar-refractivity contribution in [2.24, 2.45) is 41.4 Å². The number of halogens is 4. The molecule has 1 N–H and O–H groups in total. The van der Waals surface area contributed by atoms with Gasteiger partial charge < -0.3 is 5.32 Å². The summed E-state index contributed by atoms with van der Waals surface area (Å²) < 4.78 is 39.0. The number of likely N-dealkylation sites (tertiary alicyclic amines) is 1. The first-order chi connectivity index (χ1) is 16.1. The van der Waals surface area contributed by atoms with E-state index < -0.39 is 23.6 Å². The Balaban J connectivity index is 1.11. The fourth-order valence-electron chi connectivity index (χ4n) is 6.97. The molecule has 5 nitrogen and oxygen atoms in total. The van der Waals surface area contributed by atoms with E-state index >= 15 is 0 Å². The molecule has 1 heterocycles. The molecule has 4 fully saturated rings. The molecule has 3 saturated carbocycles. The molecule has 0 spiro atoms. The molecule has 1 aromatic carbocycles. The molecule has 6 aliphatic rings. The largest absolute Gasteiger partial charge is 0.416 e. The maximum atomic E-state index is 13.3. The Kier molecular flexibility index (Phi) is 4.93. The van der Waals surface area contributed by atoms with E-state index in [1.54, 1.807) is 0 Å². The van der Waals surface area contributed by atoms with Gasteiger partial charge in [-0.05, 0) is 74.0 Å². The smallest absolute Gasteiger partial charge is 0.325 e. The fourth-order valence-corrected chi connectivity index (χ4v) is 7.13. The van der Waals surface area contributed by atoms with Crippen molar-refractivity contribution in [3.05, 3.63) is 40.9 Å². The first-order valence-electron chi connectivity index (χ1n) is 11.9. The molecule has 1 aliphatic heterocycles. The van der Waals surface area contributed by atoms with Crippen LogP contribution in [0.4, 0.5) is 18.9 Å². The number of alkyl halides is 3. The summed E-state index contributed by atoms with van der Waals surface area (Å²) in [5.41, 5.74) is -0.955.